The van der Waals surface area contributed by atoms with Gasteiger partial charge < -0.3 is 19.7 Å². The van der Waals surface area contributed by atoms with Gasteiger partial charge in [-0.05, 0) is 49.8 Å². The summed E-state index contributed by atoms with van der Waals surface area (Å²) in [6.07, 6.45) is 3.70. The molecule has 0 aliphatic heterocycles. The Balaban J connectivity index is 1.66. The zero-order valence-corrected chi connectivity index (χ0v) is 15.3. The van der Waals surface area contributed by atoms with E-state index < -0.39 is 0 Å². The van der Waals surface area contributed by atoms with Crippen LogP contribution >= 0.6 is 0 Å². The Morgan fingerprint density at radius 2 is 2.04 bits per heavy atom. The van der Waals surface area contributed by atoms with E-state index in [0.717, 1.165) is 50.4 Å². The average molecular weight is 333 g/mol. The van der Waals surface area contributed by atoms with Crippen LogP contribution in [-0.2, 0) is 11.3 Å². The lowest BCUT2D eigenvalue weighted by atomic mass is 10.2. The molecule has 1 aromatic carbocycles. The van der Waals surface area contributed by atoms with Crippen LogP contribution < -0.4 is 10.1 Å². The summed E-state index contributed by atoms with van der Waals surface area (Å²) in [5.41, 5.74) is 1.23. The quantitative estimate of drug-likeness (QED) is 0.406. The van der Waals surface area contributed by atoms with E-state index in [2.05, 4.69) is 34.4 Å². The Kier molecular flexibility index (Phi) is 7.89. The lowest BCUT2D eigenvalue weighted by Gasteiger charge is -2.22. The first-order chi connectivity index (χ1) is 11.7. The number of guanidine groups is 1. The molecule has 0 unspecified atom stereocenters. The van der Waals surface area contributed by atoms with Gasteiger partial charge in [0.2, 0.25) is 0 Å². The first-order valence-electron chi connectivity index (χ1n) is 8.94. The third-order valence-electron chi connectivity index (χ3n) is 4.03. The van der Waals surface area contributed by atoms with Crippen LogP contribution in [0.3, 0.4) is 0 Å². The van der Waals surface area contributed by atoms with E-state index in [1.807, 2.05) is 26.1 Å². The van der Waals surface area contributed by atoms with Crippen molar-refractivity contribution in [3.05, 3.63) is 29.8 Å². The molecule has 24 heavy (non-hydrogen) atoms. The van der Waals surface area contributed by atoms with Gasteiger partial charge in [-0.15, -0.1) is 0 Å². The number of aliphatic imine (C=N–C) groups is 1. The van der Waals surface area contributed by atoms with Crippen LogP contribution in [0.15, 0.2) is 29.3 Å². The summed E-state index contributed by atoms with van der Waals surface area (Å²) in [6.45, 7) is 6.14. The van der Waals surface area contributed by atoms with Gasteiger partial charge in [-0.3, -0.25) is 4.99 Å². The van der Waals surface area contributed by atoms with Crippen molar-refractivity contribution in [2.24, 2.45) is 10.9 Å². The second kappa shape index (κ2) is 10.2. The van der Waals surface area contributed by atoms with Crippen molar-refractivity contribution in [1.82, 2.24) is 10.2 Å². The van der Waals surface area contributed by atoms with Crippen molar-refractivity contribution in [3.8, 4) is 5.75 Å². The fourth-order valence-electron chi connectivity index (χ4n) is 2.50. The molecule has 5 heteroatoms. The highest BCUT2D eigenvalue weighted by molar-refractivity contribution is 5.79. The number of hydrogen-bond acceptors (Lipinski definition) is 3. The normalized spacial score (nSPS) is 14.5. The van der Waals surface area contributed by atoms with Crippen molar-refractivity contribution in [3.63, 3.8) is 0 Å². The highest BCUT2D eigenvalue weighted by Crippen LogP contribution is 2.28. The summed E-state index contributed by atoms with van der Waals surface area (Å²) in [5, 5.41) is 3.40. The topological polar surface area (TPSA) is 46.1 Å². The minimum atomic E-state index is 0.695. The molecule has 0 saturated heterocycles. The van der Waals surface area contributed by atoms with E-state index in [4.69, 9.17) is 9.47 Å². The molecule has 0 atom stereocenters. The van der Waals surface area contributed by atoms with Crippen molar-refractivity contribution < 1.29 is 9.47 Å². The van der Waals surface area contributed by atoms with Gasteiger partial charge in [0.1, 0.15) is 5.75 Å². The largest absolute Gasteiger partial charge is 0.494 e. The molecule has 2 rings (SSSR count). The molecule has 1 aromatic rings. The molecule has 0 bridgehead atoms. The molecule has 1 aliphatic rings. The van der Waals surface area contributed by atoms with Gasteiger partial charge in [-0.1, -0.05) is 12.1 Å². The summed E-state index contributed by atoms with van der Waals surface area (Å²) in [7, 11) is 3.87. The van der Waals surface area contributed by atoms with Gasteiger partial charge >= 0.3 is 0 Å². The van der Waals surface area contributed by atoms with Crippen molar-refractivity contribution in [1.29, 1.82) is 0 Å². The number of rotatable bonds is 10. The summed E-state index contributed by atoms with van der Waals surface area (Å²) < 4.78 is 11.1. The van der Waals surface area contributed by atoms with Gasteiger partial charge in [0.05, 0.1) is 6.61 Å². The minimum Gasteiger partial charge on any atom is -0.494 e. The van der Waals surface area contributed by atoms with Crippen LogP contribution in [0.25, 0.3) is 0 Å². The summed E-state index contributed by atoms with van der Waals surface area (Å²) in [4.78, 5) is 6.48. The predicted molar refractivity (Wildman–Crippen MR) is 98.6 cm³/mol. The molecule has 0 spiro atoms. The van der Waals surface area contributed by atoms with Crippen LogP contribution in [0.1, 0.15) is 31.7 Å². The number of nitrogens with zero attached hydrogens (tertiary/aromatic N) is 2. The van der Waals surface area contributed by atoms with Crippen LogP contribution in [0.4, 0.5) is 0 Å². The smallest absolute Gasteiger partial charge is 0.193 e. The predicted octanol–water partition coefficient (Wildman–Crippen LogP) is 2.91. The van der Waals surface area contributed by atoms with Crippen LogP contribution in [0.5, 0.6) is 5.75 Å². The van der Waals surface area contributed by atoms with Crippen LogP contribution in [0.2, 0.25) is 0 Å². The maximum Gasteiger partial charge on any atom is 0.193 e. The molecule has 0 heterocycles. The standard InChI is InChI=1S/C19H31N3O2/c1-4-24-18-10-8-16(9-11-18)14-22(3)19(20-2)21-12-5-13-23-15-17-6-7-17/h8-11,17H,4-7,12-15H2,1-3H3,(H,20,21). The lowest BCUT2D eigenvalue weighted by Crippen LogP contribution is -2.39. The van der Waals surface area contributed by atoms with Crippen LogP contribution in [0, 0.1) is 5.92 Å². The minimum absolute atomic E-state index is 0.695. The molecule has 0 amide bonds. The van der Waals surface area contributed by atoms with Crippen LogP contribution in [-0.4, -0.2) is 51.3 Å². The summed E-state index contributed by atoms with van der Waals surface area (Å²) in [5.74, 6) is 2.66. The monoisotopic (exact) mass is 333 g/mol. The van der Waals surface area contributed by atoms with Gasteiger partial charge in [-0.25, -0.2) is 0 Å². The third kappa shape index (κ3) is 6.79. The maximum absolute atomic E-state index is 5.65. The zero-order valence-electron chi connectivity index (χ0n) is 15.3. The third-order valence-corrected chi connectivity index (χ3v) is 4.03. The lowest BCUT2D eigenvalue weighted by molar-refractivity contribution is 0.122. The van der Waals surface area contributed by atoms with E-state index in [1.54, 1.807) is 0 Å². The molecule has 1 saturated carbocycles. The van der Waals surface area contributed by atoms with Crippen molar-refractivity contribution in [2.45, 2.75) is 32.7 Å². The van der Waals surface area contributed by atoms with E-state index in [9.17, 15) is 0 Å². The van der Waals surface area contributed by atoms with Gasteiger partial charge in [0.25, 0.3) is 0 Å². The molecule has 1 fully saturated rings. The number of hydrogen-bond donors (Lipinski definition) is 1. The first-order valence-corrected chi connectivity index (χ1v) is 8.94. The Morgan fingerprint density at radius 1 is 1.29 bits per heavy atom. The Bertz CT molecular complexity index is 498. The van der Waals surface area contributed by atoms with E-state index in [1.165, 1.54) is 18.4 Å². The second-order valence-electron chi connectivity index (χ2n) is 6.28. The highest BCUT2D eigenvalue weighted by Gasteiger charge is 2.20. The Hall–Kier alpha value is -1.75. The fraction of sp³-hybridized carbons (Fsp3) is 0.632. The van der Waals surface area contributed by atoms with Gasteiger partial charge in [-0.2, -0.15) is 0 Å². The fourth-order valence-corrected chi connectivity index (χ4v) is 2.50. The molecular formula is C19H31N3O2. The maximum atomic E-state index is 5.65. The molecule has 0 aromatic heterocycles. The molecule has 1 N–H and O–H groups in total. The van der Waals surface area contributed by atoms with E-state index in [0.29, 0.717) is 6.61 Å². The number of ether oxygens (including phenoxy) is 2. The van der Waals surface area contributed by atoms with Crippen molar-refractivity contribution >= 4 is 5.96 Å². The average Bonchev–Trinajstić information content (AvgIpc) is 3.40. The van der Waals surface area contributed by atoms with Gasteiger partial charge in [0, 0.05) is 40.4 Å². The van der Waals surface area contributed by atoms with Gasteiger partial charge in [0.15, 0.2) is 5.96 Å². The SMILES string of the molecule is CCOc1ccc(CN(C)C(=NC)NCCCOCC2CC2)cc1. The van der Waals surface area contributed by atoms with E-state index in [-0.39, 0.29) is 0 Å². The second-order valence-corrected chi connectivity index (χ2v) is 6.28. The first kappa shape index (κ1) is 18.6. The molecule has 5 nitrogen and oxygen atoms in total. The summed E-state index contributed by atoms with van der Waals surface area (Å²) in [6, 6.07) is 8.22. The number of benzene rings is 1. The summed E-state index contributed by atoms with van der Waals surface area (Å²) >= 11 is 0. The van der Waals surface area contributed by atoms with E-state index >= 15 is 0 Å². The molecular weight excluding hydrogens is 302 g/mol. The Morgan fingerprint density at radius 3 is 2.67 bits per heavy atom. The number of nitrogens with one attached hydrogen (secondary N) is 1. The molecule has 134 valence electrons. The van der Waals surface area contributed by atoms with Crippen molar-refractivity contribution in [2.75, 3.05) is 40.5 Å². The Labute approximate surface area is 146 Å². The molecule has 1 aliphatic carbocycles. The zero-order chi connectivity index (χ0) is 17.2. The highest BCUT2D eigenvalue weighted by atomic mass is 16.5. The molecule has 0 radical (unpaired) electrons.